The molecule has 0 spiro atoms. The second kappa shape index (κ2) is 12.9. The number of nitrogens with zero attached hydrogens (tertiary/aromatic N) is 4. The van der Waals surface area contributed by atoms with Gasteiger partial charge in [0.1, 0.15) is 12.3 Å². The van der Waals surface area contributed by atoms with Gasteiger partial charge in [-0.2, -0.15) is 0 Å². The first-order chi connectivity index (χ1) is 14.6. The molecule has 1 atom stereocenters. The van der Waals surface area contributed by atoms with Crippen molar-refractivity contribution in [3.63, 3.8) is 0 Å². The predicted molar refractivity (Wildman–Crippen MR) is 135 cm³/mol. The number of carbonyl (C=O) groups excluding carboxylic acids is 1. The Morgan fingerprint density at radius 3 is 2.61 bits per heavy atom. The van der Waals surface area contributed by atoms with Crippen molar-refractivity contribution in [2.24, 2.45) is 4.99 Å². The van der Waals surface area contributed by atoms with Gasteiger partial charge in [-0.05, 0) is 31.4 Å². The zero-order chi connectivity index (χ0) is 21.3. The average molecular weight is 545 g/mol. The van der Waals surface area contributed by atoms with Crippen LogP contribution in [-0.2, 0) is 9.53 Å². The summed E-state index contributed by atoms with van der Waals surface area (Å²) in [7, 11) is 5.22. The Morgan fingerprint density at radius 1 is 1.23 bits per heavy atom. The van der Waals surface area contributed by atoms with Crippen LogP contribution in [0.25, 0.3) is 0 Å². The van der Waals surface area contributed by atoms with E-state index in [1.165, 1.54) is 6.42 Å². The molecule has 0 saturated carbocycles. The maximum atomic E-state index is 12.1. The van der Waals surface area contributed by atoms with Crippen molar-refractivity contribution in [3.05, 3.63) is 24.3 Å². The number of hydrogen-bond acceptors (Lipinski definition) is 5. The highest BCUT2D eigenvalue weighted by molar-refractivity contribution is 14.0. The first-order valence-corrected chi connectivity index (χ1v) is 10.8. The smallest absolute Gasteiger partial charge is 0.243 e. The van der Waals surface area contributed by atoms with Crippen LogP contribution in [0.5, 0.6) is 5.75 Å². The van der Waals surface area contributed by atoms with Crippen LogP contribution in [0.1, 0.15) is 19.3 Å². The molecule has 0 bridgehead atoms. The number of rotatable bonds is 6. The molecule has 0 radical (unpaired) electrons. The lowest BCUT2D eigenvalue weighted by Crippen LogP contribution is -2.54. The Morgan fingerprint density at radius 2 is 1.97 bits per heavy atom. The summed E-state index contributed by atoms with van der Waals surface area (Å²) in [5.74, 6) is 1.68. The van der Waals surface area contributed by atoms with Gasteiger partial charge in [0, 0.05) is 53.4 Å². The Labute approximate surface area is 203 Å². The Bertz CT molecular complexity index is 717. The topological polar surface area (TPSA) is 69.6 Å². The standard InChI is InChI=1S/C22H35N5O3.HI/c1-25(2)21(28)17-24-22(23-16-18-8-6-7-15-30-18)27-13-11-26(12-14-27)19-9-4-5-10-20(19)29-3;/h4-5,9-10,18H,6-8,11-17H2,1-3H3,(H,23,24);1H. The fourth-order valence-electron chi connectivity index (χ4n) is 3.78. The summed E-state index contributed by atoms with van der Waals surface area (Å²) in [6, 6.07) is 8.11. The third-order valence-electron chi connectivity index (χ3n) is 5.63. The van der Waals surface area contributed by atoms with Gasteiger partial charge >= 0.3 is 0 Å². The van der Waals surface area contributed by atoms with Crippen molar-refractivity contribution in [3.8, 4) is 5.75 Å². The molecule has 1 aromatic rings. The molecule has 0 aromatic heterocycles. The van der Waals surface area contributed by atoms with E-state index in [9.17, 15) is 4.79 Å². The van der Waals surface area contributed by atoms with Crippen LogP contribution in [-0.4, -0.2) is 94.9 Å². The summed E-state index contributed by atoms with van der Waals surface area (Å²) >= 11 is 0. The zero-order valence-corrected chi connectivity index (χ0v) is 21.2. The Hall–Kier alpha value is -1.75. The van der Waals surface area contributed by atoms with Crippen molar-refractivity contribution in [2.45, 2.75) is 25.4 Å². The lowest BCUT2D eigenvalue weighted by atomic mass is 10.1. The third-order valence-corrected chi connectivity index (χ3v) is 5.63. The van der Waals surface area contributed by atoms with E-state index in [1.807, 2.05) is 18.2 Å². The molecule has 0 aliphatic carbocycles. The van der Waals surface area contributed by atoms with Crippen molar-refractivity contribution in [2.75, 3.05) is 72.0 Å². The summed E-state index contributed by atoms with van der Waals surface area (Å²) in [5.41, 5.74) is 1.12. The van der Waals surface area contributed by atoms with Crippen LogP contribution in [0.2, 0.25) is 0 Å². The largest absolute Gasteiger partial charge is 0.495 e. The number of halogens is 1. The number of benzene rings is 1. The van der Waals surface area contributed by atoms with Crippen LogP contribution < -0.4 is 15.0 Å². The number of methoxy groups -OCH3 is 1. The van der Waals surface area contributed by atoms with E-state index in [4.69, 9.17) is 9.47 Å². The monoisotopic (exact) mass is 545 g/mol. The highest BCUT2D eigenvalue weighted by Crippen LogP contribution is 2.28. The van der Waals surface area contributed by atoms with Crippen molar-refractivity contribution >= 4 is 41.5 Å². The zero-order valence-electron chi connectivity index (χ0n) is 18.9. The molecule has 9 heteroatoms. The summed E-state index contributed by atoms with van der Waals surface area (Å²) in [6.07, 6.45) is 3.62. The Balaban J connectivity index is 0.00000341. The summed E-state index contributed by atoms with van der Waals surface area (Å²) in [6.45, 7) is 5.08. The van der Waals surface area contributed by atoms with Gasteiger partial charge in [-0.15, -0.1) is 24.0 Å². The van der Waals surface area contributed by atoms with Crippen LogP contribution in [0.15, 0.2) is 29.3 Å². The van der Waals surface area contributed by atoms with Gasteiger partial charge in [0.05, 0.1) is 18.9 Å². The molecular formula is C22H36IN5O3. The first-order valence-electron chi connectivity index (χ1n) is 10.8. The van der Waals surface area contributed by atoms with Crippen molar-refractivity contribution in [1.29, 1.82) is 0 Å². The quantitative estimate of drug-likeness (QED) is 0.336. The molecule has 2 aliphatic rings. The van der Waals surface area contributed by atoms with E-state index in [0.29, 0.717) is 0 Å². The lowest BCUT2D eigenvalue weighted by Gasteiger charge is -2.38. The van der Waals surface area contributed by atoms with Gasteiger partial charge in [0.25, 0.3) is 0 Å². The molecule has 2 fully saturated rings. The number of amides is 1. The molecule has 1 aromatic carbocycles. The maximum Gasteiger partial charge on any atom is 0.243 e. The molecule has 3 rings (SSSR count). The van der Waals surface area contributed by atoms with E-state index >= 15 is 0 Å². The first kappa shape index (κ1) is 25.5. The fraction of sp³-hybridized carbons (Fsp3) is 0.636. The van der Waals surface area contributed by atoms with E-state index in [2.05, 4.69) is 26.2 Å². The summed E-state index contributed by atoms with van der Waals surface area (Å²) in [4.78, 5) is 22.8. The number of hydrogen-bond donors (Lipinski definition) is 1. The molecule has 2 aliphatic heterocycles. The second-order valence-electron chi connectivity index (χ2n) is 7.94. The molecule has 1 N–H and O–H groups in total. The number of aliphatic imine (C=N–C) groups is 1. The van der Waals surface area contributed by atoms with Crippen molar-refractivity contribution < 1.29 is 14.3 Å². The number of anilines is 1. The minimum absolute atomic E-state index is 0. The molecule has 2 heterocycles. The average Bonchev–Trinajstić information content (AvgIpc) is 2.79. The third kappa shape index (κ3) is 7.41. The molecule has 1 amide bonds. The van der Waals surface area contributed by atoms with Crippen LogP contribution >= 0.6 is 24.0 Å². The van der Waals surface area contributed by atoms with Crippen LogP contribution in [0.3, 0.4) is 0 Å². The van der Waals surface area contributed by atoms with E-state index in [1.54, 1.807) is 26.1 Å². The molecule has 1 unspecified atom stereocenters. The minimum Gasteiger partial charge on any atom is -0.495 e. The number of para-hydroxylation sites is 2. The van der Waals surface area contributed by atoms with Gasteiger partial charge in [0.2, 0.25) is 5.91 Å². The second-order valence-corrected chi connectivity index (χ2v) is 7.94. The van der Waals surface area contributed by atoms with Gasteiger partial charge < -0.3 is 29.5 Å². The Kier molecular flexibility index (Phi) is 10.7. The molecular weight excluding hydrogens is 509 g/mol. The number of likely N-dealkylation sites (N-methyl/N-ethyl adjacent to an activating group) is 1. The highest BCUT2D eigenvalue weighted by Gasteiger charge is 2.23. The lowest BCUT2D eigenvalue weighted by molar-refractivity contribution is -0.127. The normalized spacial score (nSPS) is 19.5. The van der Waals surface area contributed by atoms with E-state index in [0.717, 1.165) is 69.6 Å². The van der Waals surface area contributed by atoms with E-state index in [-0.39, 0.29) is 42.5 Å². The van der Waals surface area contributed by atoms with E-state index < -0.39 is 0 Å². The predicted octanol–water partition coefficient (Wildman–Crippen LogP) is 2.04. The number of piperazine rings is 1. The summed E-state index contributed by atoms with van der Waals surface area (Å²) in [5, 5.41) is 3.47. The molecule has 2 saturated heterocycles. The molecule has 174 valence electrons. The number of guanidine groups is 1. The van der Waals surface area contributed by atoms with Gasteiger partial charge in [-0.1, -0.05) is 12.1 Å². The number of ether oxygens (including phenoxy) is 2. The summed E-state index contributed by atoms with van der Waals surface area (Å²) < 4.78 is 11.4. The van der Waals surface area contributed by atoms with Gasteiger partial charge in [-0.3, -0.25) is 4.79 Å². The molecule has 31 heavy (non-hydrogen) atoms. The number of carbonyl (C=O) groups is 1. The van der Waals surface area contributed by atoms with Crippen molar-refractivity contribution in [1.82, 2.24) is 15.1 Å². The fourth-order valence-corrected chi connectivity index (χ4v) is 3.78. The number of nitrogens with one attached hydrogen (secondary N) is 1. The maximum absolute atomic E-state index is 12.1. The SMILES string of the molecule is COc1ccccc1N1CCN(C(=NCC(=O)N(C)C)NCC2CCCCO2)CC1.I. The minimum atomic E-state index is -0.00382. The highest BCUT2D eigenvalue weighted by atomic mass is 127. The van der Waals surface area contributed by atoms with Crippen LogP contribution in [0.4, 0.5) is 5.69 Å². The van der Waals surface area contributed by atoms with Gasteiger partial charge in [-0.25, -0.2) is 4.99 Å². The van der Waals surface area contributed by atoms with Gasteiger partial charge in [0.15, 0.2) is 5.96 Å². The van der Waals surface area contributed by atoms with Crippen LogP contribution in [0, 0.1) is 0 Å². The molecule has 8 nitrogen and oxygen atoms in total.